The Morgan fingerprint density at radius 1 is 1.31 bits per heavy atom. The van der Waals surface area contributed by atoms with Gasteiger partial charge in [-0.2, -0.15) is 0 Å². The third-order valence-corrected chi connectivity index (χ3v) is 2.72. The average Bonchev–Trinajstić information content (AvgIpc) is 2.29. The number of hydrogen-bond acceptors (Lipinski definition) is 1. The third-order valence-electron chi connectivity index (χ3n) is 2.72. The van der Waals surface area contributed by atoms with Gasteiger partial charge in [0.05, 0.1) is 0 Å². The first-order chi connectivity index (χ1) is 7.63. The molecular formula is C13H19F2N. The van der Waals surface area contributed by atoms with Crippen LogP contribution in [0, 0.1) is 5.92 Å². The zero-order valence-electron chi connectivity index (χ0n) is 9.84. The molecule has 1 unspecified atom stereocenters. The van der Waals surface area contributed by atoms with Gasteiger partial charge in [-0.15, -0.1) is 0 Å². The lowest BCUT2D eigenvalue weighted by molar-refractivity contribution is 0.151. The molecule has 0 aliphatic rings. The molecule has 1 atom stereocenters. The number of benzene rings is 1. The van der Waals surface area contributed by atoms with Gasteiger partial charge in [-0.3, -0.25) is 0 Å². The van der Waals surface area contributed by atoms with Crippen molar-refractivity contribution in [3.05, 3.63) is 35.4 Å². The van der Waals surface area contributed by atoms with Crippen molar-refractivity contribution in [2.75, 3.05) is 6.54 Å². The second kappa shape index (κ2) is 6.59. The molecule has 0 aliphatic heterocycles. The molecule has 3 heteroatoms. The Hall–Kier alpha value is -0.960. The van der Waals surface area contributed by atoms with Crippen LogP contribution in [0.3, 0.4) is 0 Å². The fourth-order valence-corrected chi connectivity index (χ4v) is 1.45. The Kier molecular flexibility index (Phi) is 5.39. The topological polar surface area (TPSA) is 12.0 Å². The molecule has 90 valence electrons. The van der Waals surface area contributed by atoms with Crippen LogP contribution in [0.2, 0.25) is 0 Å². The smallest absolute Gasteiger partial charge is 0.263 e. The summed E-state index contributed by atoms with van der Waals surface area (Å²) in [6.07, 6.45) is -1.25. The van der Waals surface area contributed by atoms with Crippen molar-refractivity contribution in [1.82, 2.24) is 5.32 Å². The molecule has 0 fully saturated rings. The second-order valence-electron chi connectivity index (χ2n) is 4.19. The van der Waals surface area contributed by atoms with Gasteiger partial charge in [-0.25, -0.2) is 8.78 Å². The fraction of sp³-hybridized carbons (Fsp3) is 0.538. The highest BCUT2D eigenvalue weighted by Crippen LogP contribution is 2.19. The van der Waals surface area contributed by atoms with Crippen LogP contribution in [-0.4, -0.2) is 6.54 Å². The molecule has 1 N–H and O–H groups in total. The molecule has 1 aromatic rings. The highest BCUT2D eigenvalue weighted by Gasteiger charge is 2.06. The van der Waals surface area contributed by atoms with E-state index in [2.05, 4.69) is 19.2 Å². The maximum absolute atomic E-state index is 12.4. The Morgan fingerprint density at radius 3 is 2.69 bits per heavy atom. The van der Waals surface area contributed by atoms with Crippen molar-refractivity contribution in [3.8, 4) is 0 Å². The molecule has 0 spiro atoms. The number of nitrogens with one attached hydrogen (secondary N) is 1. The van der Waals surface area contributed by atoms with Crippen LogP contribution < -0.4 is 5.32 Å². The summed E-state index contributed by atoms with van der Waals surface area (Å²) in [5, 5.41) is 3.27. The summed E-state index contributed by atoms with van der Waals surface area (Å²) in [5.74, 6) is 0.623. The van der Waals surface area contributed by atoms with Gasteiger partial charge >= 0.3 is 0 Å². The van der Waals surface area contributed by atoms with Crippen LogP contribution in [0.4, 0.5) is 8.78 Å². The van der Waals surface area contributed by atoms with Crippen molar-refractivity contribution >= 4 is 0 Å². The maximum atomic E-state index is 12.4. The lowest BCUT2D eigenvalue weighted by atomic mass is 10.1. The van der Waals surface area contributed by atoms with E-state index < -0.39 is 6.43 Å². The van der Waals surface area contributed by atoms with E-state index in [-0.39, 0.29) is 5.56 Å². The van der Waals surface area contributed by atoms with E-state index in [1.165, 1.54) is 6.07 Å². The van der Waals surface area contributed by atoms with Crippen molar-refractivity contribution in [3.63, 3.8) is 0 Å². The van der Waals surface area contributed by atoms with Crippen LogP contribution in [0.25, 0.3) is 0 Å². The summed E-state index contributed by atoms with van der Waals surface area (Å²) >= 11 is 0. The number of hydrogen-bond donors (Lipinski definition) is 1. The predicted octanol–water partition coefficient (Wildman–Crippen LogP) is 3.76. The van der Waals surface area contributed by atoms with Gasteiger partial charge < -0.3 is 5.32 Å². The summed E-state index contributed by atoms with van der Waals surface area (Å²) in [5.41, 5.74) is 1.02. The summed E-state index contributed by atoms with van der Waals surface area (Å²) in [6, 6.07) is 6.58. The minimum Gasteiger partial charge on any atom is -0.312 e. The second-order valence-corrected chi connectivity index (χ2v) is 4.19. The van der Waals surface area contributed by atoms with Crippen molar-refractivity contribution < 1.29 is 8.78 Å². The van der Waals surface area contributed by atoms with Crippen LogP contribution in [0.1, 0.15) is 37.8 Å². The first-order valence-corrected chi connectivity index (χ1v) is 5.71. The van der Waals surface area contributed by atoms with Crippen LogP contribution in [0.15, 0.2) is 24.3 Å². The van der Waals surface area contributed by atoms with Crippen LogP contribution >= 0.6 is 0 Å². The normalized spacial score (nSPS) is 13.1. The first kappa shape index (κ1) is 13.1. The third kappa shape index (κ3) is 4.27. The monoisotopic (exact) mass is 227 g/mol. The molecule has 0 heterocycles. The van der Waals surface area contributed by atoms with Crippen molar-refractivity contribution in [1.29, 1.82) is 0 Å². The predicted molar refractivity (Wildman–Crippen MR) is 62.6 cm³/mol. The minimum atomic E-state index is -2.38. The Balaban J connectivity index is 2.45. The molecule has 1 nitrogen and oxygen atoms in total. The molecule has 0 aromatic heterocycles. The zero-order chi connectivity index (χ0) is 12.0. The summed E-state index contributed by atoms with van der Waals surface area (Å²) in [7, 11) is 0. The van der Waals surface area contributed by atoms with Gasteiger partial charge in [-0.1, -0.05) is 38.5 Å². The Morgan fingerprint density at radius 2 is 2.06 bits per heavy atom. The van der Waals surface area contributed by atoms with Gasteiger partial charge in [0.25, 0.3) is 6.43 Å². The highest BCUT2D eigenvalue weighted by molar-refractivity contribution is 5.24. The lowest BCUT2D eigenvalue weighted by Crippen LogP contribution is -2.20. The van der Waals surface area contributed by atoms with E-state index in [0.717, 1.165) is 18.5 Å². The average molecular weight is 227 g/mol. The SMILES string of the molecule is CCC(C)CNCc1cccc(C(F)F)c1. The standard InChI is InChI=1S/C13H19F2N/c1-3-10(2)8-16-9-11-5-4-6-12(7-11)13(14)15/h4-7,10,13,16H,3,8-9H2,1-2H3. The highest BCUT2D eigenvalue weighted by atomic mass is 19.3. The lowest BCUT2D eigenvalue weighted by Gasteiger charge is -2.10. The Labute approximate surface area is 95.9 Å². The number of rotatable bonds is 6. The van der Waals surface area contributed by atoms with Crippen molar-refractivity contribution in [2.24, 2.45) is 5.92 Å². The van der Waals surface area contributed by atoms with E-state index in [0.29, 0.717) is 12.5 Å². The maximum Gasteiger partial charge on any atom is 0.263 e. The molecule has 0 amide bonds. The number of halogens is 2. The number of alkyl halides is 2. The molecular weight excluding hydrogens is 208 g/mol. The summed E-state index contributed by atoms with van der Waals surface area (Å²) < 4.78 is 24.9. The van der Waals surface area contributed by atoms with E-state index in [4.69, 9.17) is 0 Å². The molecule has 0 radical (unpaired) electrons. The molecule has 0 saturated carbocycles. The molecule has 0 saturated heterocycles. The summed E-state index contributed by atoms with van der Waals surface area (Å²) in [6.45, 7) is 5.90. The van der Waals surface area contributed by atoms with Gasteiger partial charge in [0.15, 0.2) is 0 Å². The van der Waals surface area contributed by atoms with Gasteiger partial charge in [0.2, 0.25) is 0 Å². The van der Waals surface area contributed by atoms with Crippen LogP contribution in [0.5, 0.6) is 0 Å². The van der Waals surface area contributed by atoms with Gasteiger partial charge in [-0.05, 0) is 24.1 Å². The minimum absolute atomic E-state index is 0.0999. The molecule has 1 rings (SSSR count). The van der Waals surface area contributed by atoms with Gasteiger partial charge in [0.1, 0.15) is 0 Å². The van der Waals surface area contributed by atoms with E-state index in [1.807, 2.05) is 6.07 Å². The molecule has 0 bridgehead atoms. The van der Waals surface area contributed by atoms with E-state index in [1.54, 1.807) is 12.1 Å². The van der Waals surface area contributed by atoms with E-state index in [9.17, 15) is 8.78 Å². The first-order valence-electron chi connectivity index (χ1n) is 5.71. The molecule has 0 aliphatic carbocycles. The molecule has 1 aromatic carbocycles. The van der Waals surface area contributed by atoms with Crippen LogP contribution in [-0.2, 0) is 6.54 Å². The van der Waals surface area contributed by atoms with Crippen molar-refractivity contribution in [2.45, 2.75) is 33.2 Å². The van der Waals surface area contributed by atoms with E-state index >= 15 is 0 Å². The molecule has 16 heavy (non-hydrogen) atoms. The summed E-state index contributed by atoms with van der Waals surface area (Å²) in [4.78, 5) is 0. The zero-order valence-corrected chi connectivity index (χ0v) is 9.84. The van der Waals surface area contributed by atoms with Gasteiger partial charge in [0, 0.05) is 12.1 Å². The quantitative estimate of drug-likeness (QED) is 0.780. The largest absolute Gasteiger partial charge is 0.312 e. The Bertz CT molecular complexity index is 313. The fourth-order valence-electron chi connectivity index (χ4n) is 1.45.